The van der Waals surface area contributed by atoms with Gasteiger partial charge in [0, 0.05) is 0 Å². The molecule has 0 radical (unpaired) electrons. The third-order valence-corrected chi connectivity index (χ3v) is 3.12. The van der Waals surface area contributed by atoms with Crippen molar-refractivity contribution < 1.29 is 18.3 Å². The second-order valence-corrected chi connectivity index (χ2v) is 4.33. The molecule has 0 unspecified atom stereocenters. The molecule has 1 N–H and O–H groups in total. The van der Waals surface area contributed by atoms with Crippen molar-refractivity contribution in [1.82, 2.24) is 0 Å². The summed E-state index contributed by atoms with van der Waals surface area (Å²) in [6.45, 7) is 1.67. The van der Waals surface area contributed by atoms with Gasteiger partial charge in [0.2, 0.25) is 0 Å². The largest absolute Gasteiger partial charge is 0.416 e. The fourth-order valence-corrected chi connectivity index (χ4v) is 2.03. The standard InChI is InChI=1S/C15H13F3O/c1-10-12(9-19)5-3-7-14(10)11-4-2-6-13(8-11)15(16,17)18/h2-8,19H,9H2,1H3. The Balaban J connectivity index is 2.54. The highest BCUT2D eigenvalue weighted by Gasteiger charge is 2.30. The fourth-order valence-electron chi connectivity index (χ4n) is 2.03. The zero-order valence-electron chi connectivity index (χ0n) is 10.3. The third-order valence-electron chi connectivity index (χ3n) is 3.12. The van der Waals surface area contributed by atoms with E-state index in [1.807, 2.05) is 0 Å². The summed E-state index contributed by atoms with van der Waals surface area (Å²) in [4.78, 5) is 0. The van der Waals surface area contributed by atoms with Crippen molar-refractivity contribution in [1.29, 1.82) is 0 Å². The Morgan fingerprint density at radius 3 is 2.37 bits per heavy atom. The average Bonchev–Trinajstić information content (AvgIpc) is 2.38. The average molecular weight is 266 g/mol. The zero-order valence-corrected chi connectivity index (χ0v) is 10.3. The van der Waals surface area contributed by atoms with Gasteiger partial charge in [0.25, 0.3) is 0 Å². The van der Waals surface area contributed by atoms with E-state index in [2.05, 4.69) is 0 Å². The molecular formula is C15H13F3O. The minimum Gasteiger partial charge on any atom is -0.392 e. The lowest BCUT2D eigenvalue weighted by Crippen LogP contribution is -2.04. The molecule has 0 amide bonds. The van der Waals surface area contributed by atoms with Crippen LogP contribution in [0.2, 0.25) is 0 Å². The van der Waals surface area contributed by atoms with Crippen molar-refractivity contribution in [3.05, 3.63) is 59.2 Å². The molecule has 0 saturated heterocycles. The van der Waals surface area contributed by atoms with Gasteiger partial charge in [0.05, 0.1) is 12.2 Å². The minimum atomic E-state index is -4.35. The summed E-state index contributed by atoms with van der Waals surface area (Å²) >= 11 is 0. The van der Waals surface area contributed by atoms with E-state index in [0.717, 1.165) is 23.3 Å². The van der Waals surface area contributed by atoms with E-state index in [1.165, 1.54) is 6.07 Å². The number of halogens is 3. The Hall–Kier alpha value is -1.81. The van der Waals surface area contributed by atoms with Crippen LogP contribution in [0.4, 0.5) is 13.2 Å². The van der Waals surface area contributed by atoms with Crippen LogP contribution in [0.25, 0.3) is 11.1 Å². The van der Waals surface area contributed by atoms with Crippen LogP contribution in [0.15, 0.2) is 42.5 Å². The highest BCUT2D eigenvalue weighted by molar-refractivity contribution is 5.69. The van der Waals surface area contributed by atoms with Crippen molar-refractivity contribution in [3.63, 3.8) is 0 Å². The number of hydrogen-bond donors (Lipinski definition) is 1. The molecule has 0 fully saturated rings. The summed E-state index contributed by atoms with van der Waals surface area (Å²) in [5, 5.41) is 9.19. The maximum atomic E-state index is 12.7. The topological polar surface area (TPSA) is 20.2 Å². The molecule has 19 heavy (non-hydrogen) atoms. The van der Waals surface area contributed by atoms with E-state index < -0.39 is 11.7 Å². The van der Waals surface area contributed by atoms with Gasteiger partial charge in [0.1, 0.15) is 0 Å². The number of rotatable bonds is 2. The molecule has 100 valence electrons. The van der Waals surface area contributed by atoms with Crippen LogP contribution in [0.1, 0.15) is 16.7 Å². The van der Waals surface area contributed by atoms with Crippen LogP contribution < -0.4 is 0 Å². The molecular weight excluding hydrogens is 253 g/mol. The van der Waals surface area contributed by atoms with E-state index in [9.17, 15) is 18.3 Å². The Morgan fingerprint density at radius 1 is 1.05 bits per heavy atom. The first-order chi connectivity index (χ1) is 8.93. The summed E-state index contributed by atoms with van der Waals surface area (Å²) in [6.07, 6.45) is -4.35. The molecule has 2 aromatic rings. The van der Waals surface area contributed by atoms with E-state index >= 15 is 0 Å². The Kier molecular flexibility index (Phi) is 3.62. The van der Waals surface area contributed by atoms with Gasteiger partial charge >= 0.3 is 6.18 Å². The van der Waals surface area contributed by atoms with Crippen molar-refractivity contribution >= 4 is 0 Å². The van der Waals surface area contributed by atoms with Gasteiger partial charge in [0.15, 0.2) is 0 Å². The quantitative estimate of drug-likeness (QED) is 0.864. The van der Waals surface area contributed by atoms with Crippen LogP contribution >= 0.6 is 0 Å². The van der Waals surface area contributed by atoms with Crippen LogP contribution in [-0.2, 0) is 12.8 Å². The number of benzene rings is 2. The van der Waals surface area contributed by atoms with E-state index in [4.69, 9.17) is 0 Å². The third kappa shape index (κ3) is 2.79. The van der Waals surface area contributed by atoms with Crippen LogP contribution in [-0.4, -0.2) is 5.11 Å². The first kappa shape index (κ1) is 13.6. The predicted molar refractivity (Wildman–Crippen MR) is 67.5 cm³/mol. The smallest absolute Gasteiger partial charge is 0.392 e. The van der Waals surface area contributed by atoms with Gasteiger partial charge < -0.3 is 5.11 Å². The van der Waals surface area contributed by atoms with Crippen molar-refractivity contribution in [3.8, 4) is 11.1 Å². The molecule has 2 aromatic carbocycles. The lowest BCUT2D eigenvalue weighted by atomic mass is 9.95. The van der Waals surface area contributed by atoms with Crippen molar-refractivity contribution in [2.24, 2.45) is 0 Å². The fraction of sp³-hybridized carbons (Fsp3) is 0.200. The van der Waals surface area contributed by atoms with Crippen LogP contribution in [0, 0.1) is 6.92 Å². The van der Waals surface area contributed by atoms with E-state index in [0.29, 0.717) is 11.1 Å². The monoisotopic (exact) mass is 266 g/mol. The van der Waals surface area contributed by atoms with E-state index in [-0.39, 0.29) is 6.61 Å². The highest BCUT2D eigenvalue weighted by Crippen LogP contribution is 2.33. The van der Waals surface area contributed by atoms with E-state index in [1.54, 1.807) is 31.2 Å². The Bertz CT molecular complexity index is 588. The first-order valence-corrected chi connectivity index (χ1v) is 5.80. The van der Waals surface area contributed by atoms with Gasteiger partial charge in [-0.1, -0.05) is 30.3 Å². The summed E-state index contributed by atoms with van der Waals surface area (Å²) in [5.74, 6) is 0. The summed E-state index contributed by atoms with van der Waals surface area (Å²) < 4.78 is 38.1. The number of alkyl halides is 3. The lowest BCUT2D eigenvalue weighted by Gasteiger charge is -2.12. The second kappa shape index (κ2) is 5.05. The number of hydrogen-bond acceptors (Lipinski definition) is 1. The molecule has 0 bridgehead atoms. The normalized spacial score (nSPS) is 11.6. The molecule has 1 nitrogen and oxygen atoms in total. The Morgan fingerprint density at radius 2 is 1.74 bits per heavy atom. The van der Waals surface area contributed by atoms with Gasteiger partial charge in [-0.25, -0.2) is 0 Å². The predicted octanol–water partition coefficient (Wildman–Crippen LogP) is 4.17. The van der Waals surface area contributed by atoms with Gasteiger partial charge in [-0.3, -0.25) is 0 Å². The first-order valence-electron chi connectivity index (χ1n) is 5.80. The maximum Gasteiger partial charge on any atom is 0.416 e. The number of aliphatic hydroxyl groups excluding tert-OH is 1. The minimum absolute atomic E-state index is 0.126. The second-order valence-electron chi connectivity index (χ2n) is 4.33. The molecule has 0 aliphatic heterocycles. The highest BCUT2D eigenvalue weighted by atomic mass is 19.4. The van der Waals surface area contributed by atoms with Crippen LogP contribution in [0.3, 0.4) is 0 Å². The van der Waals surface area contributed by atoms with Gasteiger partial charge in [-0.15, -0.1) is 0 Å². The molecule has 0 aliphatic rings. The van der Waals surface area contributed by atoms with Crippen molar-refractivity contribution in [2.75, 3.05) is 0 Å². The molecule has 0 aromatic heterocycles. The Labute approximate surface area is 109 Å². The van der Waals surface area contributed by atoms with Gasteiger partial charge in [-0.2, -0.15) is 13.2 Å². The number of aliphatic hydroxyl groups is 1. The van der Waals surface area contributed by atoms with Gasteiger partial charge in [-0.05, 0) is 41.3 Å². The zero-order chi connectivity index (χ0) is 14.0. The molecule has 4 heteroatoms. The lowest BCUT2D eigenvalue weighted by molar-refractivity contribution is -0.137. The summed E-state index contributed by atoms with van der Waals surface area (Å²) in [5.41, 5.74) is 2.05. The molecule has 0 aliphatic carbocycles. The SMILES string of the molecule is Cc1c(CO)cccc1-c1cccc(C(F)(F)F)c1. The molecule has 0 atom stereocenters. The molecule has 0 spiro atoms. The molecule has 2 rings (SSSR count). The molecule has 0 heterocycles. The summed E-state index contributed by atoms with van der Waals surface area (Å²) in [6, 6.07) is 10.4. The maximum absolute atomic E-state index is 12.7. The molecule has 0 saturated carbocycles. The summed E-state index contributed by atoms with van der Waals surface area (Å²) in [7, 11) is 0. The van der Waals surface area contributed by atoms with Crippen LogP contribution in [0.5, 0.6) is 0 Å². The van der Waals surface area contributed by atoms with Crippen molar-refractivity contribution in [2.45, 2.75) is 19.7 Å².